The summed E-state index contributed by atoms with van der Waals surface area (Å²) in [5, 5.41) is 7.03. The Morgan fingerprint density at radius 2 is 1.20 bits per heavy atom. The Kier molecular flexibility index (Phi) is 5.28. The standard InChI is InChI=1S/C43H29N5O/c1-45-26-46(36-14-6-5-13-35(36)45)27-17-19-30-29-10-2-4-12-34(29)47(37(30)24-27)28-18-20-31-32-21-22-40-42(33-11-3-7-15-39(33)49-40)43(32)48(38(31)25-28)41-16-8-9-23-44-41/h2-25H,26H2,1H3. The fraction of sp³-hybridized carbons (Fsp3) is 0.0465. The second kappa shape index (κ2) is 9.75. The summed E-state index contributed by atoms with van der Waals surface area (Å²) in [6, 6.07) is 49.9. The average Bonchev–Trinajstić information content (AvgIpc) is 3.89. The number of hydrogen-bond acceptors (Lipinski definition) is 4. The highest BCUT2D eigenvalue weighted by atomic mass is 16.3. The van der Waals surface area contributed by atoms with Crippen LogP contribution in [0.15, 0.2) is 150 Å². The van der Waals surface area contributed by atoms with Gasteiger partial charge in [0.2, 0.25) is 0 Å². The van der Waals surface area contributed by atoms with Gasteiger partial charge in [0, 0.05) is 51.6 Å². The Bertz CT molecular complexity index is 2950. The molecule has 0 aliphatic carbocycles. The first-order valence-electron chi connectivity index (χ1n) is 16.6. The van der Waals surface area contributed by atoms with Gasteiger partial charge in [-0.3, -0.25) is 4.57 Å². The molecule has 0 radical (unpaired) electrons. The van der Waals surface area contributed by atoms with Crippen LogP contribution in [0.1, 0.15) is 0 Å². The van der Waals surface area contributed by atoms with Crippen LogP contribution in [-0.2, 0) is 0 Å². The highest BCUT2D eigenvalue weighted by molar-refractivity contribution is 6.24. The number of aromatic nitrogens is 3. The Hall–Kier alpha value is -6.53. The van der Waals surface area contributed by atoms with Gasteiger partial charge < -0.3 is 18.8 Å². The zero-order valence-corrected chi connectivity index (χ0v) is 26.7. The first-order valence-corrected chi connectivity index (χ1v) is 16.6. The quantitative estimate of drug-likeness (QED) is 0.195. The highest BCUT2D eigenvalue weighted by Crippen LogP contribution is 2.44. The van der Waals surface area contributed by atoms with Gasteiger partial charge in [-0.1, -0.05) is 66.7 Å². The van der Waals surface area contributed by atoms with Gasteiger partial charge in [0.05, 0.1) is 45.5 Å². The van der Waals surface area contributed by atoms with Crippen LogP contribution in [0.4, 0.5) is 17.1 Å². The first-order chi connectivity index (χ1) is 24.2. The fourth-order valence-corrected chi connectivity index (χ4v) is 8.17. The van der Waals surface area contributed by atoms with Crippen molar-refractivity contribution in [3.8, 4) is 11.5 Å². The van der Waals surface area contributed by atoms with Crippen molar-refractivity contribution in [3.05, 3.63) is 146 Å². The third kappa shape index (κ3) is 3.63. The van der Waals surface area contributed by atoms with Gasteiger partial charge in [0.25, 0.3) is 0 Å². The molecule has 10 aromatic rings. The van der Waals surface area contributed by atoms with E-state index < -0.39 is 0 Å². The molecule has 0 saturated carbocycles. The van der Waals surface area contributed by atoms with E-state index in [1.165, 1.54) is 49.6 Å². The van der Waals surface area contributed by atoms with E-state index in [9.17, 15) is 0 Å². The number of rotatable bonds is 3. The van der Waals surface area contributed by atoms with Gasteiger partial charge >= 0.3 is 0 Å². The molecule has 5 heterocycles. The maximum atomic E-state index is 6.36. The van der Waals surface area contributed by atoms with Crippen molar-refractivity contribution >= 4 is 82.6 Å². The Balaban J connectivity index is 1.21. The minimum absolute atomic E-state index is 0.804. The molecule has 0 spiro atoms. The van der Waals surface area contributed by atoms with E-state index in [0.717, 1.165) is 51.1 Å². The van der Waals surface area contributed by atoms with Crippen molar-refractivity contribution in [2.45, 2.75) is 0 Å². The minimum Gasteiger partial charge on any atom is -0.456 e. The molecular weight excluding hydrogens is 603 g/mol. The van der Waals surface area contributed by atoms with E-state index in [0.29, 0.717) is 0 Å². The topological polar surface area (TPSA) is 42.4 Å². The number of para-hydroxylation sites is 4. The molecule has 0 fully saturated rings. The van der Waals surface area contributed by atoms with E-state index >= 15 is 0 Å². The molecule has 1 aliphatic heterocycles. The van der Waals surface area contributed by atoms with Crippen LogP contribution in [0, 0.1) is 0 Å². The Morgan fingerprint density at radius 1 is 0.531 bits per heavy atom. The van der Waals surface area contributed by atoms with Crippen molar-refractivity contribution in [1.29, 1.82) is 0 Å². The molecule has 232 valence electrons. The molecular formula is C43H29N5O. The monoisotopic (exact) mass is 631 g/mol. The number of hydrogen-bond donors (Lipinski definition) is 0. The molecule has 0 amide bonds. The number of fused-ring (bicyclic) bond motifs is 11. The normalized spacial score (nSPS) is 13.2. The number of nitrogens with zero attached hydrogens (tertiary/aromatic N) is 5. The van der Waals surface area contributed by atoms with Gasteiger partial charge in [-0.25, -0.2) is 4.98 Å². The first kappa shape index (κ1) is 26.5. The predicted octanol–water partition coefficient (Wildman–Crippen LogP) is 10.7. The molecule has 0 N–H and O–H groups in total. The Morgan fingerprint density at radius 3 is 2.08 bits per heavy atom. The molecule has 0 bridgehead atoms. The summed E-state index contributed by atoms with van der Waals surface area (Å²) < 4.78 is 11.1. The third-order valence-corrected chi connectivity index (χ3v) is 10.3. The van der Waals surface area contributed by atoms with E-state index in [1.54, 1.807) is 0 Å². The van der Waals surface area contributed by atoms with Crippen molar-refractivity contribution in [3.63, 3.8) is 0 Å². The van der Waals surface area contributed by atoms with Crippen LogP contribution < -0.4 is 9.80 Å². The molecule has 11 rings (SSSR count). The molecule has 49 heavy (non-hydrogen) atoms. The van der Waals surface area contributed by atoms with Crippen molar-refractivity contribution in [1.82, 2.24) is 14.1 Å². The van der Waals surface area contributed by atoms with Gasteiger partial charge in [-0.05, 0) is 72.8 Å². The summed E-state index contributed by atoms with van der Waals surface area (Å²) in [5.41, 5.74) is 11.1. The van der Waals surface area contributed by atoms with Crippen molar-refractivity contribution < 1.29 is 4.42 Å². The predicted molar refractivity (Wildman–Crippen MR) is 202 cm³/mol. The van der Waals surface area contributed by atoms with Crippen molar-refractivity contribution in [2.75, 3.05) is 23.5 Å². The maximum absolute atomic E-state index is 6.36. The number of furan rings is 1. The SMILES string of the molecule is CN1CN(c2ccc3c4ccccc4n(-c4ccc5c6ccc7oc8ccccc8c7c6n(-c6ccccn6)c5c4)c3c2)c2ccccc21. The van der Waals surface area contributed by atoms with E-state index in [1.807, 2.05) is 24.4 Å². The molecule has 6 nitrogen and oxygen atoms in total. The van der Waals surface area contributed by atoms with E-state index in [-0.39, 0.29) is 0 Å². The lowest BCUT2D eigenvalue weighted by atomic mass is 10.1. The zero-order chi connectivity index (χ0) is 32.2. The summed E-state index contributed by atoms with van der Waals surface area (Å²) in [7, 11) is 2.16. The van der Waals surface area contributed by atoms with Gasteiger partial charge in [0.15, 0.2) is 0 Å². The summed E-state index contributed by atoms with van der Waals surface area (Å²) in [6.07, 6.45) is 1.87. The maximum Gasteiger partial charge on any atom is 0.137 e. The lowest BCUT2D eigenvalue weighted by molar-refractivity contribution is 0.669. The van der Waals surface area contributed by atoms with Gasteiger partial charge in [-0.15, -0.1) is 0 Å². The molecule has 0 unspecified atom stereocenters. The second-order valence-corrected chi connectivity index (χ2v) is 13.0. The van der Waals surface area contributed by atoms with Crippen molar-refractivity contribution in [2.24, 2.45) is 0 Å². The smallest absolute Gasteiger partial charge is 0.137 e. The number of anilines is 3. The van der Waals surface area contributed by atoms with Crippen LogP contribution in [0.5, 0.6) is 0 Å². The lowest BCUT2D eigenvalue weighted by Gasteiger charge is -2.20. The molecule has 4 aromatic heterocycles. The molecule has 0 atom stereocenters. The van der Waals surface area contributed by atoms with Gasteiger partial charge in [-0.2, -0.15) is 0 Å². The average molecular weight is 632 g/mol. The summed E-state index contributed by atoms with van der Waals surface area (Å²) in [6.45, 7) is 0.804. The van der Waals surface area contributed by atoms with E-state index in [2.05, 4.69) is 147 Å². The Labute approximate surface area is 281 Å². The summed E-state index contributed by atoms with van der Waals surface area (Å²) in [5.74, 6) is 0.874. The fourth-order valence-electron chi connectivity index (χ4n) is 8.17. The third-order valence-electron chi connectivity index (χ3n) is 10.3. The van der Waals surface area contributed by atoms with Crippen LogP contribution >= 0.6 is 0 Å². The largest absolute Gasteiger partial charge is 0.456 e. The molecule has 1 aliphatic rings. The lowest BCUT2D eigenvalue weighted by Crippen LogP contribution is -2.23. The highest BCUT2D eigenvalue weighted by Gasteiger charge is 2.25. The second-order valence-electron chi connectivity index (χ2n) is 13.0. The van der Waals surface area contributed by atoms with Crippen LogP contribution in [0.2, 0.25) is 0 Å². The van der Waals surface area contributed by atoms with Crippen LogP contribution in [0.3, 0.4) is 0 Å². The zero-order valence-electron chi connectivity index (χ0n) is 26.7. The van der Waals surface area contributed by atoms with E-state index in [4.69, 9.17) is 9.40 Å². The van der Waals surface area contributed by atoms with Gasteiger partial charge in [0.1, 0.15) is 17.0 Å². The number of benzene rings is 6. The van der Waals surface area contributed by atoms with Crippen LogP contribution in [-0.4, -0.2) is 27.8 Å². The summed E-state index contributed by atoms with van der Waals surface area (Å²) in [4.78, 5) is 9.59. The molecule has 6 aromatic carbocycles. The number of pyridine rings is 1. The summed E-state index contributed by atoms with van der Waals surface area (Å²) >= 11 is 0. The minimum atomic E-state index is 0.804. The van der Waals surface area contributed by atoms with Crippen LogP contribution in [0.25, 0.3) is 77.1 Å². The molecule has 6 heteroatoms. The molecule has 0 saturated heterocycles.